The van der Waals surface area contributed by atoms with Crippen molar-refractivity contribution in [2.45, 2.75) is 108 Å². The van der Waals surface area contributed by atoms with Crippen molar-refractivity contribution < 1.29 is 37.4 Å². The molecule has 1 aliphatic heterocycles. The van der Waals surface area contributed by atoms with Crippen LogP contribution in [-0.2, 0) is 29.1 Å². The number of hydrogen-bond donors (Lipinski definition) is 4. The van der Waals surface area contributed by atoms with E-state index in [0.717, 1.165) is 5.70 Å². The number of amides is 4. The molecule has 3 aliphatic carbocycles. The summed E-state index contributed by atoms with van der Waals surface area (Å²) in [6, 6.07) is -2.38. The van der Waals surface area contributed by atoms with E-state index in [-0.39, 0.29) is 19.4 Å². The number of β-amino-alcohol motifs (C(OH)–C–C–N with tert-alkyl or cyclic N) is 1. The molecule has 0 aromatic rings. The minimum Gasteiger partial charge on any atom is -0.444 e. The van der Waals surface area contributed by atoms with E-state index in [1.54, 1.807) is 41.5 Å². The van der Waals surface area contributed by atoms with E-state index in [4.69, 9.17) is 4.74 Å². The average Bonchev–Trinajstić information content (AvgIpc) is 3.87. The standard InChI is InChI=1S/C33H51N5O8S/c1-10-20-17-33(20,28(41)36-47(44,45)23-14-15-23)35-26(39)24-18-32(43,21-12-11-13-22(16-21)37(8)9)19-38(24)27(40)25(30(2,3)4)34-29(42)46-31(5,6)7/h10-13,20-21,23-25,43H,1,14-19H2,2-9H3,(H,34,42)(H,35,39)(H,36,41)/t20-,21?,24+,25-,32+,33-/m1/s1. The summed E-state index contributed by atoms with van der Waals surface area (Å²) in [5.41, 5.74) is -3.81. The van der Waals surface area contributed by atoms with Crippen molar-refractivity contribution in [3.8, 4) is 0 Å². The molecule has 0 bridgehead atoms. The summed E-state index contributed by atoms with van der Waals surface area (Å²) in [5, 5.41) is 16.9. The Morgan fingerprint density at radius 1 is 1.13 bits per heavy atom. The summed E-state index contributed by atoms with van der Waals surface area (Å²) < 4.78 is 32.8. The molecule has 0 radical (unpaired) electrons. The Morgan fingerprint density at radius 2 is 1.77 bits per heavy atom. The van der Waals surface area contributed by atoms with Crippen LogP contribution < -0.4 is 15.4 Å². The van der Waals surface area contributed by atoms with E-state index in [1.165, 1.54) is 11.0 Å². The molecule has 0 aromatic heterocycles. The minimum absolute atomic E-state index is 0.131. The Hall–Kier alpha value is -3.39. The van der Waals surface area contributed by atoms with Crippen LogP contribution in [0.25, 0.3) is 0 Å². The summed E-state index contributed by atoms with van der Waals surface area (Å²) in [6.07, 6.45) is 7.64. The molecule has 1 unspecified atom stereocenters. The van der Waals surface area contributed by atoms with Crippen LogP contribution in [0.3, 0.4) is 0 Å². The predicted octanol–water partition coefficient (Wildman–Crippen LogP) is 1.95. The molecule has 4 aliphatic rings. The monoisotopic (exact) mass is 677 g/mol. The van der Waals surface area contributed by atoms with Gasteiger partial charge in [-0.15, -0.1) is 6.58 Å². The molecule has 4 rings (SSSR count). The number of rotatable bonds is 10. The topological polar surface area (TPSA) is 174 Å². The van der Waals surface area contributed by atoms with E-state index < -0.39 is 85.2 Å². The molecule has 4 amide bonds. The molecule has 1 heterocycles. The quantitative estimate of drug-likeness (QED) is 0.252. The molecule has 47 heavy (non-hydrogen) atoms. The van der Waals surface area contributed by atoms with Crippen LogP contribution in [0.5, 0.6) is 0 Å². The summed E-state index contributed by atoms with van der Waals surface area (Å²) in [4.78, 5) is 58.1. The van der Waals surface area contributed by atoms with Gasteiger partial charge in [-0.2, -0.15) is 0 Å². The number of carbonyl (C=O) groups excluding carboxylic acids is 4. The first kappa shape index (κ1) is 36.4. The van der Waals surface area contributed by atoms with Crippen molar-refractivity contribution in [2.75, 3.05) is 20.6 Å². The Labute approximate surface area is 278 Å². The van der Waals surface area contributed by atoms with Crippen molar-refractivity contribution in [2.24, 2.45) is 17.3 Å². The highest BCUT2D eigenvalue weighted by Crippen LogP contribution is 2.46. The second kappa shape index (κ2) is 12.6. The first-order valence-corrected chi connectivity index (χ1v) is 17.7. The van der Waals surface area contributed by atoms with Gasteiger partial charge < -0.3 is 30.3 Å². The summed E-state index contributed by atoms with van der Waals surface area (Å²) in [5.74, 6) is -3.16. The first-order chi connectivity index (χ1) is 21.5. The zero-order valence-corrected chi connectivity index (χ0v) is 29.6. The number of nitrogens with zero attached hydrogens (tertiary/aromatic N) is 2. The number of ether oxygens (including phenoxy) is 1. The molecular formula is C33H51N5O8S. The predicted molar refractivity (Wildman–Crippen MR) is 176 cm³/mol. The zero-order valence-electron chi connectivity index (χ0n) is 28.8. The van der Waals surface area contributed by atoms with E-state index in [0.29, 0.717) is 19.3 Å². The van der Waals surface area contributed by atoms with E-state index >= 15 is 0 Å². The van der Waals surface area contributed by atoms with Crippen LogP contribution >= 0.6 is 0 Å². The third kappa shape index (κ3) is 8.02. The van der Waals surface area contributed by atoms with Crippen LogP contribution in [0.1, 0.15) is 73.6 Å². The third-order valence-electron chi connectivity index (χ3n) is 9.30. The highest BCUT2D eigenvalue weighted by molar-refractivity contribution is 7.91. The first-order valence-electron chi connectivity index (χ1n) is 16.1. The number of aliphatic hydroxyl groups is 1. The number of alkyl carbamates (subject to hydrolysis) is 1. The molecule has 13 nitrogen and oxygen atoms in total. The van der Waals surface area contributed by atoms with Gasteiger partial charge in [0, 0.05) is 38.0 Å². The molecule has 0 spiro atoms. The third-order valence-corrected chi connectivity index (χ3v) is 11.1. The number of hydrogen-bond acceptors (Lipinski definition) is 9. The number of carbonyl (C=O) groups is 4. The number of sulfonamides is 1. The second-order valence-electron chi connectivity index (χ2n) is 15.7. The summed E-state index contributed by atoms with van der Waals surface area (Å²) in [6.45, 7) is 13.9. The van der Waals surface area contributed by atoms with Crippen LogP contribution in [0, 0.1) is 17.3 Å². The molecule has 1 saturated heterocycles. The Balaban J connectivity index is 1.66. The van der Waals surface area contributed by atoms with Crippen LogP contribution in [0.4, 0.5) is 4.79 Å². The SMILES string of the molecule is C=C[C@@H]1C[C@]1(NC(=O)[C@@H]1C[C@@](O)(C2C=CC=C(N(C)C)C2)CN1C(=O)[C@@H](NC(=O)OC(C)(C)C)C(C)(C)C)C(=O)NS(=O)(=O)C1CC1. The van der Waals surface area contributed by atoms with Crippen molar-refractivity contribution in [3.05, 3.63) is 36.6 Å². The van der Waals surface area contributed by atoms with Gasteiger partial charge in [-0.1, -0.05) is 39.0 Å². The molecule has 0 aromatic carbocycles. The molecule has 14 heteroatoms. The van der Waals surface area contributed by atoms with Gasteiger partial charge in [-0.3, -0.25) is 19.1 Å². The van der Waals surface area contributed by atoms with Gasteiger partial charge >= 0.3 is 6.09 Å². The van der Waals surface area contributed by atoms with Crippen molar-refractivity contribution >= 4 is 33.8 Å². The number of nitrogens with one attached hydrogen (secondary N) is 3. The van der Waals surface area contributed by atoms with Gasteiger partial charge in [-0.05, 0) is 57.9 Å². The molecule has 3 fully saturated rings. The zero-order chi connectivity index (χ0) is 35.3. The van der Waals surface area contributed by atoms with Crippen LogP contribution in [0.2, 0.25) is 0 Å². The lowest BCUT2D eigenvalue weighted by Gasteiger charge is -2.37. The maximum absolute atomic E-state index is 14.4. The average molecular weight is 678 g/mol. The van der Waals surface area contributed by atoms with Gasteiger partial charge in [-0.25, -0.2) is 13.2 Å². The van der Waals surface area contributed by atoms with Gasteiger partial charge in [0.15, 0.2) is 0 Å². The normalized spacial score (nSPS) is 29.7. The van der Waals surface area contributed by atoms with Gasteiger partial charge in [0.2, 0.25) is 21.8 Å². The van der Waals surface area contributed by atoms with Gasteiger partial charge in [0.25, 0.3) is 5.91 Å². The van der Waals surface area contributed by atoms with Crippen LogP contribution in [0.15, 0.2) is 36.6 Å². The van der Waals surface area contributed by atoms with Crippen molar-refractivity contribution in [3.63, 3.8) is 0 Å². The smallest absolute Gasteiger partial charge is 0.408 e. The lowest BCUT2D eigenvalue weighted by atomic mass is 9.80. The van der Waals surface area contributed by atoms with Crippen molar-refractivity contribution in [1.82, 2.24) is 25.2 Å². The largest absolute Gasteiger partial charge is 0.444 e. The fourth-order valence-electron chi connectivity index (χ4n) is 6.27. The number of allylic oxidation sites excluding steroid dienone is 3. The van der Waals surface area contributed by atoms with Crippen molar-refractivity contribution in [1.29, 1.82) is 0 Å². The highest BCUT2D eigenvalue weighted by Gasteiger charge is 2.63. The fourth-order valence-corrected chi connectivity index (χ4v) is 7.63. The molecule has 2 saturated carbocycles. The lowest BCUT2D eigenvalue weighted by molar-refractivity contribution is -0.143. The molecule has 262 valence electrons. The highest BCUT2D eigenvalue weighted by atomic mass is 32.2. The van der Waals surface area contributed by atoms with Gasteiger partial charge in [0.1, 0.15) is 23.2 Å². The lowest BCUT2D eigenvalue weighted by Crippen LogP contribution is -2.60. The fraction of sp³-hybridized carbons (Fsp3) is 0.697. The second-order valence-corrected chi connectivity index (χ2v) is 17.6. The molecule has 6 atom stereocenters. The Morgan fingerprint density at radius 3 is 2.28 bits per heavy atom. The molecule has 4 N–H and O–H groups in total. The van der Waals surface area contributed by atoms with E-state index in [9.17, 15) is 32.7 Å². The maximum Gasteiger partial charge on any atom is 0.408 e. The van der Waals surface area contributed by atoms with E-state index in [2.05, 4.69) is 21.9 Å². The van der Waals surface area contributed by atoms with E-state index in [1.807, 2.05) is 37.2 Å². The summed E-state index contributed by atoms with van der Waals surface area (Å²) >= 11 is 0. The maximum atomic E-state index is 14.4. The Bertz CT molecular complexity index is 1470. The Kier molecular flexibility index (Phi) is 9.75. The molecular weight excluding hydrogens is 626 g/mol. The summed E-state index contributed by atoms with van der Waals surface area (Å²) in [7, 11) is -0.113. The number of likely N-dealkylation sites (tertiary alicyclic amines) is 1. The van der Waals surface area contributed by atoms with Gasteiger partial charge in [0.05, 0.1) is 17.4 Å². The minimum atomic E-state index is -3.90. The van der Waals surface area contributed by atoms with Crippen LogP contribution in [-0.4, -0.2) is 102 Å².